The van der Waals surface area contributed by atoms with Crippen LogP contribution in [0, 0.1) is 6.92 Å². The van der Waals surface area contributed by atoms with Gasteiger partial charge in [0.05, 0.1) is 17.6 Å². The molecule has 0 bridgehead atoms. The fraction of sp³-hybridized carbons (Fsp3) is 0.312. The van der Waals surface area contributed by atoms with Gasteiger partial charge in [-0.15, -0.1) is 11.3 Å². The van der Waals surface area contributed by atoms with Crippen molar-refractivity contribution in [2.45, 2.75) is 19.4 Å². The number of anilines is 2. The zero-order chi connectivity index (χ0) is 29.1. The molecule has 6 rings (SSSR count). The maximum absolute atomic E-state index is 13.2. The van der Waals surface area contributed by atoms with E-state index in [9.17, 15) is 9.59 Å². The van der Waals surface area contributed by atoms with Crippen LogP contribution in [0.2, 0.25) is 0 Å². The smallest absolute Gasteiger partial charge is 0.265 e. The molecule has 3 aromatic carbocycles. The Morgan fingerprint density at radius 3 is 2.62 bits per heavy atom. The summed E-state index contributed by atoms with van der Waals surface area (Å²) in [5, 5.41) is 6.90. The van der Waals surface area contributed by atoms with Crippen molar-refractivity contribution in [3.05, 3.63) is 76.7 Å². The maximum atomic E-state index is 13.2. The van der Waals surface area contributed by atoms with E-state index in [0.29, 0.717) is 59.2 Å². The van der Waals surface area contributed by atoms with Gasteiger partial charge in [-0.05, 0) is 78.9 Å². The molecule has 0 radical (unpaired) electrons. The highest BCUT2D eigenvalue weighted by Gasteiger charge is 2.25. The van der Waals surface area contributed by atoms with Gasteiger partial charge >= 0.3 is 0 Å². The van der Waals surface area contributed by atoms with Crippen LogP contribution in [0.5, 0.6) is 17.2 Å². The first-order valence-electron chi connectivity index (χ1n) is 14.0. The van der Waals surface area contributed by atoms with E-state index in [1.807, 2.05) is 43.3 Å². The fourth-order valence-electron chi connectivity index (χ4n) is 4.95. The first kappa shape index (κ1) is 28.0. The minimum atomic E-state index is -0.282. The SMILES string of the molecule is COC1CN(CCCOc2ccc3cc(C(=O)Nc4cc(NC(=O)c5ccc6c(c5)OCCO6)ccc4C)sc3c2)C1. The number of ether oxygens (including phenoxy) is 4. The van der Waals surface area contributed by atoms with Crippen molar-refractivity contribution in [3.8, 4) is 17.2 Å². The number of methoxy groups -OCH3 is 1. The molecule has 42 heavy (non-hydrogen) atoms. The van der Waals surface area contributed by atoms with E-state index in [-0.39, 0.29) is 11.8 Å². The van der Waals surface area contributed by atoms with E-state index in [4.69, 9.17) is 18.9 Å². The van der Waals surface area contributed by atoms with Crippen molar-refractivity contribution in [2.24, 2.45) is 0 Å². The van der Waals surface area contributed by atoms with Crippen molar-refractivity contribution in [3.63, 3.8) is 0 Å². The van der Waals surface area contributed by atoms with Crippen LogP contribution in [0.15, 0.2) is 60.7 Å². The average Bonchev–Trinajstić information content (AvgIpc) is 3.41. The summed E-state index contributed by atoms with van der Waals surface area (Å²) in [4.78, 5) is 29.1. The van der Waals surface area contributed by atoms with E-state index < -0.39 is 0 Å². The predicted molar refractivity (Wildman–Crippen MR) is 164 cm³/mol. The van der Waals surface area contributed by atoms with Gasteiger partial charge in [0, 0.05) is 48.4 Å². The third-order valence-corrected chi connectivity index (χ3v) is 8.50. The molecule has 9 nitrogen and oxygen atoms in total. The third-order valence-electron chi connectivity index (χ3n) is 7.41. The van der Waals surface area contributed by atoms with Gasteiger partial charge in [0.1, 0.15) is 19.0 Å². The number of fused-ring (bicyclic) bond motifs is 2. The Balaban J connectivity index is 1.06. The van der Waals surface area contributed by atoms with E-state index >= 15 is 0 Å². The molecule has 2 aliphatic heterocycles. The summed E-state index contributed by atoms with van der Waals surface area (Å²) in [7, 11) is 1.76. The zero-order valence-corrected chi connectivity index (χ0v) is 24.4. The topological polar surface area (TPSA) is 98.4 Å². The van der Waals surface area contributed by atoms with Gasteiger partial charge in [-0.1, -0.05) is 6.07 Å². The van der Waals surface area contributed by atoms with E-state index in [1.165, 1.54) is 11.3 Å². The molecule has 0 aliphatic carbocycles. The van der Waals surface area contributed by atoms with Crippen LogP contribution in [0.4, 0.5) is 11.4 Å². The Labute approximate surface area is 248 Å². The van der Waals surface area contributed by atoms with Gasteiger partial charge in [-0.3, -0.25) is 14.5 Å². The van der Waals surface area contributed by atoms with E-state index in [2.05, 4.69) is 15.5 Å². The van der Waals surface area contributed by atoms with Crippen LogP contribution in [0.25, 0.3) is 10.1 Å². The molecular weight excluding hydrogens is 554 g/mol. The highest BCUT2D eigenvalue weighted by Crippen LogP contribution is 2.32. The number of carbonyl (C=O) groups excluding carboxylic acids is 2. The van der Waals surface area contributed by atoms with Crippen LogP contribution in [-0.2, 0) is 4.74 Å². The molecule has 2 N–H and O–H groups in total. The molecule has 0 spiro atoms. The van der Waals surface area contributed by atoms with Gasteiger partial charge in [0.15, 0.2) is 11.5 Å². The summed E-state index contributed by atoms with van der Waals surface area (Å²) in [5.74, 6) is 1.49. The number of hydrogen-bond acceptors (Lipinski definition) is 8. The number of likely N-dealkylation sites (tertiary alicyclic amines) is 1. The molecule has 0 atom stereocenters. The van der Waals surface area contributed by atoms with Crippen molar-refractivity contribution < 1.29 is 28.5 Å². The summed E-state index contributed by atoms with van der Waals surface area (Å²) in [6.07, 6.45) is 1.31. The first-order chi connectivity index (χ1) is 20.4. The molecular formula is C32H33N3O6S. The van der Waals surface area contributed by atoms with Crippen LogP contribution in [0.3, 0.4) is 0 Å². The minimum Gasteiger partial charge on any atom is -0.493 e. The van der Waals surface area contributed by atoms with Gasteiger partial charge in [-0.2, -0.15) is 0 Å². The lowest BCUT2D eigenvalue weighted by molar-refractivity contribution is -0.0306. The highest BCUT2D eigenvalue weighted by atomic mass is 32.1. The zero-order valence-electron chi connectivity index (χ0n) is 23.6. The van der Waals surface area contributed by atoms with Crippen LogP contribution >= 0.6 is 11.3 Å². The van der Waals surface area contributed by atoms with Gasteiger partial charge < -0.3 is 29.6 Å². The number of benzene rings is 3. The van der Waals surface area contributed by atoms with E-state index in [1.54, 1.807) is 31.4 Å². The molecule has 10 heteroatoms. The lowest BCUT2D eigenvalue weighted by Crippen LogP contribution is -2.51. The third kappa shape index (κ3) is 6.35. The van der Waals surface area contributed by atoms with Crippen molar-refractivity contribution in [2.75, 3.05) is 57.2 Å². The molecule has 2 aliphatic rings. The second-order valence-corrected chi connectivity index (χ2v) is 11.5. The summed E-state index contributed by atoms with van der Waals surface area (Å²) >= 11 is 1.42. The van der Waals surface area contributed by atoms with Crippen LogP contribution in [-0.4, -0.2) is 69.4 Å². The number of carbonyl (C=O) groups is 2. The Kier molecular flexibility index (Phi) is 8.27. The lowest BCUT2D eigenvalue weighted by atomic mass is 10.1. The summed E-state index contributed by atoms with van der Waals surface area (Å²) < 4.78 is 23.4. The number of nitrogens with zero attached hydrogens (tertiary/aromatic N) is 1. The molecule has 3 heterocycles. The minimum absolute atomic E-state index is 0.207. The lowest BCUT2D eigenvalue weighted by Gasteiger charge is -2.38. The van der Waals surface area contributed by atoms with Crippen LogP contribution < -0.4 is 24.8 Å². The number of nitrogens with one attached hydrogen (secondary N) is 2. The Hall–Kier alpha value is -4.12. The molecule has 218 valence electrons. The number of hydrogen-bond donors (Lipinski definition) is 2. The number of amides is 2. The summed E-state index contributed by atoms with van der Waals surface area (Å²) in [6, 6.07) is 18.3. The second-order valence-electron chi connectivity index (χ2n) is 10.4. The van der Waals surface area contributed by atoms with Gasteiger partial charge in [0.2, 0.25) is 0 Å². The number of rotatable bonds is 10. The largest absolute Gasteiger partial charge is 0.493 e. The Bertz CT molecular complexity index is 1610. The molecule has 1 saturated heterocycles. The fourth-order valence-corrected chi connectivity index (χ4v) is 5.94. The number of aryl methyl sites for hydroxylation is 1. The summed E-state index contributed by atoms with van der Waals surface area (Å²) in [5.41, 5.74) is 2.53. The number of thiophene rings is 1. The van der Waals surface area contributed by atoms with Crippen LogP contribution in [0.1, 0.15) is 32.0 Å². The molecule has 0 saturated carbocycles. The molecule has 4 aromatic rings. The first-order valence-corrected chi connectivity index (χ1v) is 14.8. The molecule has 2 amide bonds. The average molecular weight is 588 g/mol. The quantitative estimate of drug-likeness (QED) is 0.234. The Morgan fingerprint density at radius 1 is 0.952 bits per heavy atom. The monoisotopic (exact) mass is 587 g/mol. The van der Waals surface area contributed by atoms with Gasteiger partial charge in [-0.25, -0.2) is 0 Å². The van der Waals surface area contributed by atoms with Gasteiger partial charge in [0.25, 0.3) is 11.8 Å². The molecule has 0 unspecified atom stereocenters. The second kappa shape index (κ2) is 12.4. The van der Waals surface area contributed by atoms with Crippen molar-refractivity contribution >= 4 is 44.6 Å². The molecule has 1 fully saturated rings. The standard InChI is InChI=1S/C32H33N3O6S/c1-20-4-7-23(33-31(36)22-6-9-27-28(14-22)41-13-12-40-27)16-26(20)34-32(37)30-15-21-5-8-24(17-29(21)42-30)39-11-3-10-35-18-25(19-35)38-2/h4-9,14-17,25H,3,10-13,18-19H2,1-2H3,(H,33,36)(H,34,37). The normalized spacial score (nSPS) is 14.8. The van der Waals surface area contributed by atoms with E-state index in [0.717, 1.165) is 47.5 Å². The predicted octanol–water partition coefficient (Wildman–Crippen LogP) is 5.59. The molecule has 1 aromatic heterocycles. The Morgan fingerprint density at radius 2 is 1.79 bits per heavy atom. The maximum Gasteiger partial charge on any atom is 0.265 e. The van der Waals surface area contributed by atoms with Crippen molar-refractivity contribution in [1.82, 2.24) is 4.90 Å². The summed E-state index contributed by atoms with van der Waals surface area (Å²) in [6.45, 7) is 6.46. The van der Waals surface area contributed by atoms with Crippen molar-refractivity contribution in [1.29, 1.82) is 0 Å². The highest BCUT2D eigenvalue weighted by molar-refractivity contribution is 7.20.